The smallest absolute Gasteiger partial charge is 0.240 e. The number of nitrogens with two attached hydrogens (primary N) is 1. The molecule has 6 heteroatoms. The first-order chi connectivity index (χ1) is 8.98. The first-order valence-electron chi connectivity index (χ1n) is 5.74. The third-order valence-corrected chi connectivity index (χ3v) is 3.73. The highest BCUT2D eigenvalue weighted by Gasteiger charge is 2.12. The van der Waals surface area contributed by atoms with Crippen molar-refractivity contribution in [2.24, 2.45) is 5.14 Å². The molecule has 0 saturated heterocycles. The number of rotatable bonds is 4. The van der Waals surface area contributed by atoms with Crippen LogP contribution in [-0.2, 0) is 16.6 Å². The molecule has 0 unspecified atom stereocenters. The van der Waals surface area contributed by atoms with Crippen molar-refractivity contribution in [3.8, 4) is 0 Å². The van der Waals surface area contributed by atoms with Gasteiger partial charge in [0.1, 0.15) is 4.90 Å². The van der Waals surface area contributed by atoms with E-state index in [0.29, 0.717) is 12.2 Å². The standard InChI is InChI=1S/C13H15N3O2S/c1-10-5-4-8-15-12(10)9-16-11-6-2-3-7-13(11)19(14,17)18/h2-8,16H,9H2,1H3,(H2,14,17,18). The average Bonchev–Trinajstić information content (AvgIpc) is 2.37. The Hall–Kier alpha value is -1.92. The van der Waals surface area contributed by atoms with Crippen LogP contribution in [0.4, 0.5) is 5.69 Å². The van der Waals surface area contributed by atoms with Crippen LogP contribution >= 0.6 is 0 Å². The van der Waals surface area contributed by atoms with E-state index >= 15 is 0 Å². The molecule has 0 bridgehead atoms. The number of benzene rings is 1. The van der Waals surface area contributed by atoms with Crippen molar-refractivity contribution in [1.82, 2.24) is 4.98 Å². The molecule has 0 saturated carbocycles. The van der Waals surface area contributed by atoms with Gasteiger partial charge in [-0.05, 0) is 30.7 Å². The molecule has 0 radical (unpaired) electrons. The van der Waals surface area contributed by atoms with Gasteiger partial charge in [0.2, 0.25) is 10.0 Å². The second-order valence-electron chi connectivity index (χ2n) is 4.16. The molecule has 2 aromatic rings. The van der Waals surface area contributed by atoms with Crippen LogP contribution in [-0.4, -0.2) is 13.4 Å². The Morgan fingerprint density at radius 2 is 1.95 bits per heavy atom. The fraction of sp³-hybridized carbons (Fsp3) is 0.154. The van der Waals surface area contributed by atoms with Gasteiger partial charge in [-0.25, -0.2) is 13.6 Å². The second-order valence-corrected chi connectivity index (χ2v) is 5.69. The summed E-state index contributed by atoms with van der Waals surface area (Å²) in [5.74, 6) is 0. The van der Waals surface area contributed by atoms with Gasteiger partial charge in [0.05, 0.1) is 17.9 Å². The fourth-order valence-corrected chi connectivity index (χ4v) is 2.46. The molecule has 0 amide bonds. The first-order valence-corrected chi connectivity index (χ1v) is 7.29. The topological polar surface area (TPSA) is 85.1 Å². The van der Waals surface area contributed by atoms with Gasteiger partial charge in [0.15, 0.2) is 0 Å². The number of aromatic nitrogens is 1. The van der Waals surface area contributed by atoms with Crippen molar-refractivity contribution >= 4 is 15.7 Å². The molecule has 0 aliphatic heterocycles. The molecule has 19 heavy (non-hydrogen) atoms. The highest BCUT2D eigenvalue weighted by molar-refractivity contribution is 7.89. The van der Waals surface area contributed by atoms with Gasteiger partial charge in [-0.1, -0.05) is 18.2 Å². The minimum Gasteiger partial charge on any atom is -0.378 e. The summed E-state index contributed by atoms with van der Waals surface area (Å²) < 4.78 is 22.9. The molecule has 2 rings (SSSR count). The third-order valence-electron chi connectivity index (χ3n) is 2.76. The number of nitrogens with zero attached hydrogens (tertiary/aromatic N) is 1. The van der Waals surface area contributed by atoms with Crippen LogP contribution in [0.25, 0.3) is 0 Å². The number of sulfonamides is 1. The van der Waals surface area contributed by atoms with Crippen LogP contribution in [0.5, 0.6) is 0 Å². The number of hydrogen-bond donors (Lipinski definition) is 2. The summed E-state index contributed by atoms with van der Waals surface area (Å²) in [5, 5.41) is 8.23. The van der Waals surface area contributed by atoms with Crippen molar-refractivity contribution in [2.45, 2.75) is 18.4 Å². The maximum absolute atomic E-state index is 11.5. The molecule has 100 valence electrons. The largest absolute Gasteiger partial charge is 0.378 e. The molecule has 0 aliphatic rings. The lowest BCUT2D eigenvalue weighted by Gasteiger charge is -2.11. The third kappa shape index (κ3) is 3.30. The normalized spacial score (nSPS) is 11.3. The maximum atomic E-state index is 11.5. The number of pyridine rings is 1. The van der Waals surface area contributed by atoms with Gasteiger partial charge in [-0.15, -0.1) is 0 Å². The second kappa shape index (κ2) is 5.38. The molecule has 0 fully saturated rings. The monoisotopic (exact) mass is 277 g/mol. The summed E-state index contributed by atoms with van der Waals surface area (Å²) >= 11 is 0. The summed E-state index contributed by atoms with van der Waals surface area (Å²) in [6.45, 7) is 2.40. The Labute approximate surface area is 112 Å². The number of para-hydroxylation sites is 1. The van der Waals surface area contributed by atoms with Gasteiger partial charge in [-0.2, -0.15) is 0 Å². The van der Waals surface area contributed by atoms with Crippen molar-refractivity contribution in [1.29, 1.82) is 0 Å². The van der Waals surface area contributed by atoms with Crippen LogP contribution in [0.3, 0.4) is 0 Å². The molecule has 0 spiro atoms. The Kier molecular flexibility index (Phi) is 3.82. The zero-order valence-corrected chi connectivity index (χ0v) is 11.3. The Morgan fingerprint density at radius 3 is 2.63 bits per heavy atom. The predicted molar refractivity (Wildman–Crippen MR) is 74.1 cm³/mol. The summed E-state index contributed by atoms with van der Waals surface area (Å²) in [7, 11) is -3.73. The Bertz CT molecular complexity index is 684. The molecule has 1 heterocycles. The lowest BCUT2D eigenvalue weighted by molar-refractivity contribution is 0.598. The van der Waals surface area contributed by atoms with E-state index in [9.17, 15) is 8.42 Å². The molecule has 0 atom stereocenters. The van der Waals surface area contributed by atoms with Crippen molar-refractivity contribution < 1.29 is 8.42 Å². The van der Waals surface area contributed by atoms with Crippen molar-refractivity contribution in [3.05, 3.63) is 53.9 Å². The van der Waals surface area contributed by atoms with E-state index in [2.05, 4.69) is 10.3 Å². The summed E-state index contributed by atoms with van der Waals surface area (Å²) in [6, 6.07) is 10.4. The summed E-state index contributed by atoms with van der Waals surface area (Å²) in [5.41, 5.74) is 2.39. The number of nitrogens with one attached hydrogen (secondary N) is 1. The average molecular weight is 277 g/mol. The van der Waals surface area contributed by atoms with Crippen LogP contribution in [0.1, 0.15) is 11.3 Å². The highest BCUT2D eigenvalue weighted by atomic mass is 32.2. The highest BCUT2D eigenvalue weighted by Crippen LogP contribution is 2.20. The van der Waals surface area contributed by atoms with E-state index in [1.165, 1.54) is 6.07 Å². The minimum absolute atomic E-state index is 0.0867. The van der Waals surface area contributed by atoms with E-state index in [1.807, 2.05) is 19.1 Å². The van der Waals surface area contributed by atoms with Crippen molar-refractivity contribution in [3.63, 3.8) is 0 Å². The van der Waals surface area contributed by atoms with Gasteiger partial charge in [-0.3, -0.25) is 4.98 Å². The molecule has 3 N–H and O–H groups in total. The molecule has 1 aromatic heterocycles. The Morgan fingerprint density at radius 1 is 1.21 bits per heavy atom. The summed E-state index contributed by atoms with van der Waals surface area (Å²) in [4.78, 5) is 4.33. The number of hydrogen-bond acceptors (Lipinski definition) is 4. The molecule has 5 nitrogen and oxygen atoms in total. The zero-order valence-electron chi connectivity index (χ0n) is 10.5. The quantitative estimate of drug-likeness (QED) is 0.889. The van der Waals surface area contributed by atoms with Gasteiger partial charge < -0.3 is 5.32 Å². The lowest BCUT2D eigenvalue weighted by Crippen LogP contribution is -2.15. The van der Waals surface area contributed by atoms with E-state index < -0.39 is 10.0 Å². The van der Waals surface area contributed by atoms with E-state index in [-0.39, 0.29) is 4.90 Å². The number of anilines is 1. The first kappa shape index (κ1) is 13.5. The molecular formula is C13H15N3O2S. The number of primary sulfonamides is 1. The van der Waals surface area contributed by atoms with Crippen LogP contribution in [0, 0.1) is 6.92 Å². The van der Waals surface area contributed by atoms with Gasteiger partial charge in [0, 0.05) is 6.20 Å². The van der Waals surface area contributed by atoms with Gasteiger partial charge in [0.25, 0.3) is 0 Å². The SMILES string of the molecule is Cc1cccnc1CNc1ccccc1S(N)(=O)=O. The van der Waals surface area contributed by atoms with Crippen LogP contribution in [0.15, 0.2) is 47.5 Å². The Balaban J connectivity index is 2.24. The maximum Gasteiger partial charge on any atom is 0.240 e. The predicted octanol–water partition coefficient (Wildman–Crippen LogP) is 1.65. The molecular weight excluding hydrogens is 262 g/mol. The van der Waals surface area contributed by atoms with E-state index in [1.54, 1.807) is 24.4 Å². The van der Waals surface area contributed by atoms with Crippen molar-refractivity contribution in [2.75, 3.05) is 5.32 Å². The fourth-order valence-electron chi connectivity index (χ4n) is 1.74. The van der Waals surface area contributed by atoms with E-state index in [0.717, 1.165) is 11.3 Å². The van der Waals surface area contributed by atoms with E-state index in [4.69, 9.17) is 5.14 Å². The van der Waals surface area contributed by atoms with Crippen LogP contribution in [0.2, 0.25) is 0 Å². The lowest BCUT2D eigenvalue weighted by atomic mass is 10.2. The van der Waals surface area contributed by atoms with Crippen LogP contribution < -0.4 is 10.5 Å². The number of aryl methyl sites for hydroxylation is 1. The summed E-state index contributed by atoms with van der Waals surface area (Å²) in [6.07, 6.45) is 1.70. The molecule has 1 aromatic carbocycles. The minimum atomic E-state index is -3.73. The van der Waals surface area contributed by atoms with Gasteiger partial charge >= 0.3 is 0 Å². The molecule has 0 aliphatic carbocycles. The zero-order chi connectivity index (χ0) is 13.9.